The number of carbonyl (C=O) groups is 1. The molecule has 82 valence electrons. The number of methoxy groups -OCH3 is 1. The molecule has 0 saturated heterocycles. The molecule has 0 N–H and O–H groups in total. The summed E-state index contributed by atoms with van der Waals surface area (Å²) in [6.45, 7) is 4.15. The fourth-order valence-electron chi connectivity index (χ4n) is 1.54. The van der Waals surface area contributed by atoms with Crippen LogP contribution in [-0.2, 0) is 9.53 Å². The molecule has 0 aliphatic rings. The van der Waals surface area contributed by atoms with Gasteiger partial charge in [0.15, 0.2) is 0 Å². The number of nitrogens with zero attached hydrogens (tertiary/aromatic N) is 1. The van der Waals surface area contributed by atoms with Crippen molar-refractivity contribution in [3.05, 3.63) is 29.3 Å². The fourth-order valence-corrected chi connectivity index (χ4v) is 1.54. The number of aryl methyl sites for hydroxylation is 2. The van der Waals surface area contributed by atoms with Crippen molar-refractivity contribution in [1.29, 1.82) is 0 Å². The molecule has 1 amide bonds. The van der Waals surface area contributed by atoms with E-state index in [1.165, 1.54) is 12.7 Å². The summed E-state index contributed by atoms with van der Waals surface area (Å²) in [5, 5.41) is 0. The predicted molar refractivity (Wildman–Crippen MR) is 61.2 cm³/mol. The molecule has 1 aromatic rings. The summed E-state index contributed by atoms with van der Waals surface area (Å²) in [7, 11) is 3.28. The lowest BCUT2D eigenvalue weighted by molar-refractivity contribution is -0.121. The van der Waals surface area contributed by atoms with E-state index < -0.39 is 0 Å². The Morgan fingerprint density at radius 2 is 2.07 bits per heavy atom. The van der Waals surface area contributed by atoms with E-state index in [0.29, 0.717) is 0 Å². The first-order chi connectivity index (χ1) is 7.06. The van der Waals surface area contributed by atoms with Crippen LogP contribution in [0.5, 0.6) is 0 Å². The molecule has 0 fully saturated rings. The van der Waals surface area contributed by atoms with Crippen molar-refractivity contribution in [2.24, 2.45) is 0 Å². The summed E-state index contributed by atoms with van der Waals surface area (Å²) >= 11 is 0. The standard InChI is InChI=1S/C12H17NO2/c1-9-5-6-11(10(2)7-9)13(3)12(14)8-15-4/h5-7H,8H2,1-4H3. The molecule has 0 heterocycles. The Hall–Kier alpha value is -1.35. The molecule has 0 aliphatic carbocycles. The number of rotatable bonds is 3. The topological polar surface area (TPSA) is 29.5 Å². The van der Waals surface area contributed by atoms with E-state index >= 15 is 0 Å². The average molecular weight is 207 g/mol. The number of amides is 1. The molecule has 3 heteroatoms. The van der Waals surface area contributed by atoms with Crippen LogP contribution >= 0.6 is 0 Å². The lowest BCUT2D eigenvalue weighted by atomic mass is 10.1. The lowest BCUT2D eigenvalue weighted by Crippen LogP contribution is -2.30. The highest BCUT2D eigenvalue weighted by atomic mass is 16.5. The summed E-state index contributed by atoms with van der Waals surface area (Å²) in [5.74, 6) is -0.0375. The van der Waals surface area contributed by atoms with Crippen LogP contribution in [0.4, 0.5) is 5.69 Å². The van der Waals surface area contributed by atoms with E-state index in [4.69, 9.17) is 4.74 Å². The Balaban J connectivity index is 2.91. The van der Waals surface area contributed by atoms with E-state index in [2.05, 4.69) is 6.07 Å². The van der Waals surface area contributed by atoms with Crippen LogP contribution in [-0.4, -0.2) is 26.7 Å². The van der Waals surface area contributed by atoms with Gasteiger partial charge < -0.3 is 9.64 Å². The summed E-state index contributed by atoms with van der Waals surface area (Å²) in [4.78, 5) is 13.2. The zero-order chi connectivity index (χ0) is 11.4. The number of hydrogen-bond donors (Lipinski definition) is 0. The number of anilines is 1. The van der Waals surface area contributed by atoms with Crippen LogP contribution in [0, 0.1) is 13.8 Å². The van der Waals surface area contributed by atoms with Crippen molar-refractivity contribution >= 4 is 11.6 Å². The maximum atomic E-state index is 11.6. The minimum absolute atomic E-state index is 0.0375. The summed E-state index contributed by atoms with van der Waals surface area (Å²) in [5.41, 5.74) is 3.23. The van der Waals surface area contributed by atoms with Gasteiger partial charge in [-0.15, -0.1) is 0 Å². The number of likely N-dealkylation sites (N-methyl/N-ethyl adjacent to an activating group) is 1. The van der Waals surface area contributed by atoms with Crippen LogP contribution in [0.2, 0.25) is 0 Å². The monoisotopic (exact) mass is 207 g/mol. The number of hydrogen-bond acceptors (Lipinski definition) is 2. The van der Waals surface area contributed by atoms with Gasteiger partial charge in [-0.3, -0.25) is 4.79 Å². The third-order valence-electron chi connectivity index (χ3n) is 2.36. The quantitative estimate of drug-likeness (QED) is 0.757. The first-order valence-electron chi connectivity index (χ1n) is 4.89. The second kappa shape index (κ2) is 4.94. The van der Waals surface area contributed by atoms with Crippen LogP contribution in [0.3, 0.4) is 0 Å². The Bertz CT molecular complexity index is 361. The molecule has 0 spiro atoms. The van der Waals surface area contributed by atoms with Crippen molar-refractivity contribution in [2.75, 3.05) is 25.7 Å². The molecule has 1 aromatic carbocycles. The Morgan fingerprint density at radius 3 is 2.60 bits per heavy atom. The van der Waals surface area contributed by atoms with Gasteiger partial charge in [0, 0.05) is 19.8 Å². The van der Waals surface area contributed by atoms with Gasteiger partial charge in [-0.2, -0.15) is 0 Å². The number of benzene rings is 1. The zero-order valence-corrected chi connectivity index (χ0v) is 9.70. The fraction of sp³-hybridized carbons (Fsp3) is 0.417. The zero-order valence-electron chi connectivity index (χ0n) is 9.70. The molecule has 0 bridgehead atoms. The van der Waals surface area contributed by atoms with Crippen LogP contribution in [0.15, 0.2) is 18.2 Å². The molecule has 0 aromatic heterocycles. The highest BCUT2D eigenvalue weighted by Crippen LogP contribution is 2.19. The first kappa shape index (κ1) is 11.7. The van der Waals surface area contributed by atoms with Crippen molar-refractivity contribution < 1.29 is 9.53 Å². The third-order valence-corrected chi connectivity index (χ3v) is 2.36. The van der Waals surface area contributed by atoms with Gasteiger partial charge in [-0.25, -0.2) is 0 Å². The van der Waals surface area contributed by atoms with Crippen molar-refractivity contribution in [3.63, 3.8) is 0 Å². The lowest BCUT2D eigenvalue weighted by Gasteiger charge is -2.19. The second-order valence-corrected chi connectivity index (χ2v) is 3.68. The minimum Gasteiger partial charge on any atom is -0.375 e. The highest BCUT2D eigenvalue weighted by molar-refractivity contribution is 5.94. The van der Waals surface area contributed by atoms with Gasteiger partial charge in [0.05, 0.1) is 0 Å². The van der Waals surface area contributed by atoms with Crippen LogP contribution < -0.4 is 4.90 Å². The number of ether oxygens (including phenoxy) is 1. The van der Waals surface area contributed by atoms with Gasteiger partial charge in [-0.1, -0.05) is 17.7 Å². The maximum absolute atomic E-state index is 11.6. The van der Waals surface area contributed by atoms with Gasteiger partial charge >= 0.3 is 0 Å². The predicted octanol–water partition coefficient (Wildman–Crippen LogP) is 1.91. The smallest absolute Gasteiger partial charge is 0.252 e. The Kier molecular flexibility index (Phi) is 3.86. The van der Waals surface area contributed by atoms with Crippen molar-refractivity contribution in [1.82, 2.24) is 0 Å². The van der Waals surface area contributed by atoms with E-state index in [0.717, 1.165) is 11.3 Å². The minimum atomic E-state index is -0.0375. The van der Waals surface area contributed by atoms with E-state index in [-0.39, 0.29) is 12.5 Å². The molecule has 0 saturated carbocycles. The highest BCUT2D eigenvalue weighted by Gasteiger charge is 2.11. The van der Waals surface area contributed by atoms with Crippen LogP contribution in [0.1, 0.15) is 11.1 Å². The van der Waals surface area contributed by atoms with E-state index in [1.807, 2.05) is 26.0 Å². The van der Waals surface area contributed by atoms with Gasteiger partial charge in [0.1, 0.15) is 6.61 Å². The summed E-state index contributed by atoms with van der Waals surface area (Å²) < 4.78 is 4.82. The molecular weight excluding hydrogens is 190 g/mol. The average Bonchev–Trinajstić information content (AvgIpc) is 2.17. The molecule has 1 rings (SSSR count). The van der Waals surface area contributed by atoms with Gasteiger partial charge in [0.2, 0.25) is 0 Å². The van der Waals surface area contributed by atoms with Gasteiger partial charge in [-0.05, 0) is 25.5 Å². The van der Waals surface area contributed by atoms with E-state index in [1.54, 1.807) is 11.9 Å². The first-order valence-corrected chi connectivity index (χ1v) is 4.89. The molecule has 0 aliphatic heterocycles. The Morgan fingerprint density at radius 1 is 1.40 bits per heavy atom. The molecule has 0 unspecified atom stereocenters. The van der Waals surface area contributed by atoms with Crippen molar-refractivity contribution in [2.45, 2.75) is 13.8 Å². The number of carbonyl (C=O) groups excluding carboxylic acids is 1. The normalized spacial score (nSPS) is 10.1. The third kappa shape index (κ3) is 2.80. The summed E-state index contributed by atoms with van der Waals surface area (Å²) in [6, 6.07) is 6.02. The molecule has 15 heavy (non-hydrogen) atoms. The second-order valence-electron chi connectivity index (χ2n) is 3.68. The molecular formula is C12H17NO2. The molecule has 0 radical (unpaired) electrons. The van der Waals surface area contributed by atoms with E-state index in [9.17, 15) is 4.79 Å². The molecule has 0 atom stereocenters. The largest absolute Gasteiger partial charge is 0.375 e. The van der Waals surface area contributed by atoms with Gasteiger partial charge in [0.25, 0.3) is 5.91 Å². The van der Waals surface area contributed by atoms with Crippen LogP contribution in [0.25, 0.3) is 0 Å². The van der Waals surface area contributed by atoms with Crippen molar-refractivity contribution in [3.8, 4) is 0 Å². The SMILES string of the molecule is COCC(=O)N(C)c1ccc(C)cc1C. The maximum Gasteiger partial charge on any atom is 0.252 e. The Labute approximate surface area is 90.7 Å². The summed E-state index contributed by atoms with van der Waals surface area (Å²) in [6.07, 6.45) is 0. The molecule has 3 nitrogen and oxygen atoms in total.